The van der Waals surface area contributed by atoms with E-state index in [-0.39, 0.29) is 23.7 Å². The number of hydrogen-bond acceptors (Lipinski definition) is 5. The zero-order valence-corrected chi connectivity index (χ0v) is 10.9. The zero-order chi connectivity index (χ0) is 12.6. The van der Waals surface area contributed by atoms with Gasteiger partial charge in [0.2, 0.25) is 5.89 Å². The molecular formula is C12H21N3O2. The lowest BCUT2D eigenvalue weighted by Gasteiger charge is -2.16. The maximum absolute atomic E-state index is 6.11. The van der Waals surface area contributed by atoms with E-state index in [1.54, 1.807) is 0 Å². The summed E-state index contributed by atoms with van der Waals surface area (Å²) < 4.78 is 11.0. The summed E-state index contributed by atoms with van der Waals surface area (Å²) in [7, 11) is 0. The van der Waals surface area contributed by atoms with E-state index in [4.69, 9.17) is 15.0 Å². The van der Waals surface area contributed by atoms with Crippen LogP contribution in [0.4, 0.5) is 0 Å². The van der Waals surface area contributed by atoms with Crippen molar-refractivity contribution < 1.29 is 9.26 Å². The second-order valence-corrected chi connectivity index (χ2v) is 5.80. The molecule has 3 unspecified atom stereocenters. The van der Waals surface area contributed by atoms with Crippen molar-refractivity contribution in [1.29, 1.82) is 0 Å². The molecule has 2 rings (SSSR count). The maximum atomic E-state index is 6.11. The van der Waals surface area contributed by atoms with Crippen LogP contribution in [0.5, 0.6) is 0 Å². The predicted octanol–water partition coefficient (Wildman–Crippen LogP) is 1.93. The van der Waals surface area contributed by atoms with Crippen LogP contribution in [0.25, 0.3) is 0 Å². The lowest BCUT2D eigenvalue weighted by atomic mass is 9.97. The third-order valence-corrected chi connectivity index (χ3v) is 3.05. The molecule has 0 aromatic carbocycles. The molecule has 5 heteroatoms. The van der Waals surface area contributed by atoms with E-state index in [1.807, 2.05) is 20.8 Å². The second kappa shape index (κ2) is 4.38. The largest absolute Gasteiger partial charge is 0.373 e. The third kappa shape index (κ3) is 2.66. The highest BCUT2D eigenvalue weighted by molar-refractivity contribution is 5.03. The van der Waals surface area contributed by atoms with Crippen molar-refractivity contribution in [2.75, 3.05) is 0 Å². The smallest absolute Gasteiger partial charge is 0.232 e. The summed E-state index contributed by atoms with van der Waals surface area (Å²) in [6, 6.07) is -0.292. The molecule has 0 bridgehead atoms. The summed E-state index contributed by atoms with van der Waals surface area (Å²) in [5.74, 6) is 1.17. The Kier molecular flexibility index (Phi) is 3.23. The standard InChI is InChI=1S/C12H21N3O2/c1-7-5-6-8(16-7)9(13)10-14-11(17-15-10)12(2,3)4/h7-9H,5-6,13H2,1-4H3. The minimum atomic E-state index is -0.292. The van der Waals surface area contributed by atoms with Crippen LogP contribution in [0.3, 0.4) is 0 Å². The van der Waals surface area contributed by atoms with Crippen LogP contribution in [0, 0.1) is 0 Å². The molecule has 17 heavy (non-hydrogen) atoms. The van der Waals surface area contributed by atoms with Crippen molar-refractivity contribution in [2.24, 2.45) is 5.73 Å². The van der Waals surface area contributed by atoms with Gasteiger partial charge in [-0.15, -0.1) is 0 Å². The van der Waals surface area contributed by atoms with E-state index in [0.29, 0.717) is 11.7 Å². The molecular weight excluding hydrogens is 218 g/mol. The van der Waals surface area contributed by atoms with Crippen molar-refractivity contribution >= 4 is 0 Å². The minimum Gasteiger partial charge on any atom is -0.373 e. The van der Waals surface area contributed by atoms with Crippen LogP contribution in [0.2, 0.25) is 0 Å². The van der Waals surface area contributed by atoms with Crippen LogP contribution >= 0.6 is 0 Å². The van der Waals surface area contributed by atoms with Crippen molar-refractivity contribution in [3.05, 3.63) is 11.7 Å². The Bertz CT molecular complexity index is 383. The van der Waals surface area contributed by atoms with E-state index >= 15 is 0 Å². The fourth-order valence-corrected chi connectivity index (χ4v) is 1.94. The van der Waals surface area contributed by atoms with Gasteiger partial charge in [0, 0.05) is 5.41 Å². The predicted molar refractivity (Wildman–Crippen MR) is 63.5 cm³/mol. The van der Waals surface area contributed by atoms with Gasteiger partial charge < -0.3 is 15.0 Å². The van der Waals surface area contributed by atoms with E-state index in [9.17, 15) is 0 Å². The first kappa shape index (κ1) is 12.5. The third-order valence-electron chi connectivity index (χ3n) is 3.05. The maximum Gasteiger partial charge on any atom is 0.232 e. The molecule has 0 amide bonds. The second-order valence-electron chi connectivity index (χ2n) is 5.80. The van der Waals surface area contributed by atoms with E-state index in [2.05, 4.69) is 17.1 Å². The number of rotatable bonds is 2. The summed E-state index contributed by atoms with van der Waals surface area (Å²) in [5.41, 5.74) is 5.97. The lowest BCUT2D eigenvalue weighted by Crippen LogP contribution is -2.27. The van der Waals surface area contributed by atoms with Crippen LogP contribution in [-0.4, -0.2) is 22.3 Å². The Hall–Kier alpha value is -0.940. The molecule has 2 heterocycles. The number of aromatic nitrogens is 2. The Labute approximate surface area is 102 Å². The van der Waals surface area contributed by atoms with Gasteiger partial charge in [0.1, 0.15) is 0 Å². The molecule has 1 aromatic rings. The monoisotopic (exact) mass is 239 g/mol. The van der Waals surface area contributed by atoms with E-state index < -0.39 is 0 Å². The fourth-order valence-electron chi connectivity index (χ4n) is 1.94. The van der Waals surface area contributed by atoms with Crippen LogP contribution < -0.4 is 5.73 Å². The summed E-state index contributed by atoms with van der Waals surface area (Å²) in [4.78, 5) is 4.37. The normalized spacial score (nSPS) is 27.4. The first-order chi connectivity index (χ1) is 7.88. The van der Waals surface area contributed by atoms with Crippen molar-refractivity contribution in [2.45, 2.75) is 64.2 Å². The first-order valence-corrected chi connectivity index (χ1v) is 6.13. The number of nitrogens with zero attached hydrogens (tertiary/aromatic N) is 2. The Morgan fingerprint density at radius 3 is 2.53 bits per heavy atom. The van der Waals surface area contributed by atoms with Crippen molar-refractivity contribution in [3.8, 4) is 0 Å². The fraction of sp³-hybridized carbons (Fsp3) is 0.833. The van der Waals surface area contributed by atoms with Crippen molar-refractivity contribution in [1.82, 2.24) is 10.1 Å². The Balaban J connectivity index is 2.09. The van der Waals surface area contributed by atoms with Crippen LogP contribution in [0.15, 0.2) is 4.52 Å². The van der Waals surface area contributed by atoms with Gasteiger partial charge >= 0.3 is 0 Å². The number of ether oxygens (including phenoxy) is 1. The average Bonchev–Trinajstić information content (AvgIpc) is 2.83. The molecule has 0 radical (unpaired) electrons. The van der Waals surface area contributed by atoms with Gasteiger partial charge in [-0.25, -0.2) is 0 Å². The first-order valence-electron chi connectivity index (χ1n) is 6.13. The summed E-state index contributed by atoms with van der Waals surface area (Å²) >= 11 is 0. The summed E-state index contributed by atoms with van der Waals surface area (Å²) in [6.45, 7) is 8.15. The summed E-state index contributed by atoms with van der Waals surface area (Å²) in [6.07, 6.45) is 2.29. The highest BCUT2D eigenvalue weighted by Gasteiger charge is 2.32. The Morgan fingerprint density at radius 1 is 1.35 bits per heavy atom. The molecule has 1 saturated heterocycles. The summed E-state index contributed by atoms with van der Waals surface area (Å²) in [5, 5.41) is 3.96. The molecule has 1 aromatic heterocycles. The molecule has 0 aliphatic carbocycles. The molecule has 0 spiro atoms. The minimum absolute atomic E-state index is 0.00965. The lowest BCUT2D eigenvalue weighted by molar-refractivity contribution is 0.0380. The van der Waals surface area contributed by atoms with Gasteiger partial charge in [0.15, 0.2) is 5.82 Å². The molecule has 1 aliphatic rings. The number of nitrogens with two attached hydrogens (primary N) is 1. The van der Waals surface area contributed by atoms with Gasteiger partial charge in [-0.2, -0.15) is 4.98 Å². The SMILES string of the molecule is CC1CCC(C(N)c2noc(C(C)(C)C)n2)O1. The molecule has 1 aliphatic heterocycles. The molecule has 1 fully saturated rings. The van der Waals surface area contributed by atoms with E-state index in [0.717, 1.165) is 12.8 Å². The number of hydrogen-bond donors (Lipinski definition) is 1. The van der Waals surface area contributed by atoms with Gasteiger partial charge in [-0.05, 0) is 19.8 Å². The zero-order valence-electron chi connectivity index (χ0n) is 10.9. The van der Waals surface area contributed by atoms with E-state index in [1.165, 1.54) is 0 Å². The molecule has 3 atom stereocenters. The van der Waals surface area contributed by atoms with Gasteiger partial charge in [0.25, 0.3) is 0 Å². The average molecular weight is 239 g/mol. The van der Waals surface area contributed by atoms with Gasteiger partial charge in [0.05, 0.1) is 18.2 Å². The van der Waals surface area contributed by atoms with Gasteiger partial charge in [-0.3, -0.25) is 0 Å². The van der Waals surface area contributed by atoms with Crippen LogP contribution in [0.1, 0.15) is 58.3 Å². The topological polar surface area (TPSA) is 74.2 Å². The van der Waals surface area contributed by atoms with Crippen LogP contribution in [-0.2, 0) is 10.2 Å². The quantitative estimate of drug-likeness (QED) is 0.853. The van der Waals surface area contributed by atoms with Gasteiger partial charge in [-0.1, -0.05) is 25.9 Å². The molecule has 96 valence electrons. The highest BCUT2D eigenvalue weighted by atomic mass is 16.5. The van der Waals surface area contributed by atoms with Crippen molar-refractivity contribution in [3.63, 3.8) is 0 Å². The molecule has 2 N–H and O–H groups in total. The Morgan fingerprint density at radius 2 is 2.06 bits per heavy atom. The highest BCUT2D eigenvalue weighted by Crippen LogP contribution is 2.28. The molecule has 5 nitrogen and oxygen atoms in total. The molecule has 0 saturated carbocycles.